The van der Waals surface area contributed by atoms with Gasteiger partial charge in [-0.2, -0.15) is 11.8 Å². The molecule has 0 aliphatic heterocycles. The van der Waals surface area contributed by atoms with Crippen molar-refractivity contribution in [2.24, 2.45) is 0 Å². The van der Waals surface area contributed by atoms with Crippen LogP contribution in [0.1, 0.15) is 69.8 Å². The Bertz CT molecular complexity index is 1300. The molecule has 3 rings (SSSR count). The SMILES string of the molecule is Nc1ncnc2c1ncn2CCOCP(=O)(O)OCCSCCCCCCCCCCCC#Cc1cccc(F)c1. The Balaban J connectivity index is 1.07. The maximum Gasteiger partial charge on any atom is 0.353 e. The van der Waals surface area contributed by atoms with Crippen LogP contribution in [0.4, 0.5) is 10.2 Å². The van der Waals surface area contributed by atoms with Crippen LogP contribution in [0.3, 0.4) is 0 Å². The largest absolute Gasteiger partial charge is 0.382 e. The fourth-order valence-corrected chi connectivity index (χ4v) is 5.92. The van der Waals surface area contributed by atoms with Gasteiger partial charge < -0.3 is 24.5 Å². The molecule has 2 aromatic heterocycles. The van der Waals surface area contributed by atoms with Gasteiger partial charge >= 0.3 is 7.60 Å². The Morgan fingerprint density at radius 1 is 1.00 bits per heavy atom. The number of imidazole rings is 1. The van der Waals surface area contributed by atoms with E-state index in [-0.39, 0.29) is 25.4 Å². The summed E-state index contributed by atoms with van der Waals surface area (Å²) in [5, 5.41) is 0. The Labute approximate surface area is 246 Å². The van der Waals surface area contributed by atoms with Crippen molar-refractivity contribution in [1.82, 2.24) is 19.5 Å². The molecule has 41 heavy (non-hydrogen) atoms. The van der Waals surface area contributed by atoms with Crippen molar-refractivity contribution in [2.45, 2.75) is 70.8 Å². The minimum atomic E-state index is -3.78. The van der Waals surface area contributed by atoms with Crippen molar-refractivity contribution >= 4 is 36.3 Å². The molecule has 0 radical (unpaired) electrons. The number of nitrogen functional groups attached to an aromatic ring is 1. The number of aromatic nitrogens is 4. The number of hydrogen-bond acceptors (Lipinski definition) is 8. The van der Waals surface area contributed by atoms with E-state index in [4.69, 9.17) is 15.0 Å². The predicted octanol–water partition coefficient (Wildman–Crippen LogP) is 6.41. The maximum atomic E-state index is 13.1. The van der Waals surface area contributed by atoms with Gasteiger partial charge in [-0.05, 0) is 36.8 Å². The van der Waals surface area contributed by atoms with Crippen LogP contribution in [-0.2, 0) is 20.4 Å². The first-order valence-electron chi connectivity index (χ1n) is 14.2. The maximum absolute atomic E-state index is 13.1. The van der Waals surface area contributed by atoms with Crippen LogP contribution in [0.5, 0.6) is 0 Å². The zero-order chi connectivity index (χ0) is 29.2. The molecule has 0 amide bonds. The van der Waals surface area contributed by atoms with Gasteiger partial charge in [-0.15, -0.1) is 0 Å². The number of unbranched alkanes of at least 4 members (excludes halogenated alkanes) is 9. The van der Waals surface area contributed by atoms with E-state index in [1.165, 1.54) is 63.4 Å². The van der Waals surface area contributed by atoms with Crippen LogP contribution < -0.4 is 5.73 Å². The van der Waals surface area contributed by atoms with E-state index in [1.54, 1.807) is 28.7 Å². The highest BCUT2D eigenvalue weighted by Gasteiger charge is 2.19. The van der Waals surface area contributed by atoms with Crippen molar-refractivity contribution in [2.75, 3.05) is 36.8 Å². The summed E-state index contributed by atoms with van der Waals surface area (Å²) in [7, 11) is -3.78. The summed E-state index contributed by atoms with van der Waals surface area (Å²) >= 11 is 1.74. The number of anilines is 1. The molecule has 3 N–H and O–H groups in total. The van der Waals surface area contributed by atoms with E-state index in [1.807, 2.05) is 6.07 Å². The smallest absolute Gasteiger partial charge is 0.353 e. The zero-order valence-corrected chi connectivity index (χ0v) is 25.3. The second kappa shape index (κ2) is 18.9. The molecule has 12 heteroatoms. The van der Waals surface area contributed by atoms with Gasteiger partial charge in [0.05, 0.1) is 19.5 Å². The fourth-order valence-electron chi connectivity index (χ4n) is 4.17. The predicted molar refractivity (Wildman–Crippen MR) is 163 cm³/mol. The quantitative estimate of drug-likeness (QED) is 0.0854. The topological polar surface area (TPSA) is 125 Å². The third kappa shape index (κ3) is 13.4. The van der Waals surface area contributed by atoms with Gasteiger partial charge in [0.2, 0.25) is 0 Å². The zero-order valence-electron chi connectivity index (χ0n) is 23.5. The molecule has 0 saturated carbocycles. The van der Waals surface area contributed by atoms with Crippen molar-refractivity contribution in [3.63, 3.8) is 0 Å². The number of nitrogens with two attached hydrogens (primary N) is 1. The van der Waals surface area contributed by atoms with Crippen LogP contribution in [0.15, 0.2) is 36.9 Å². The summed E-state index contributed by atoms with van der Waals surface area (Å²) in [6.07, 6.45) is 14.4. The molecule has 0 fully saturated rings. The van der Waals surface area contributed by atoms with Crippen molar-refractivity contribution in [3.8, 4) is 11.8 Å². The molecule has 0 aliphatic rings. The third-order valence-electron chi connectivity index (χ3n) is 6.33. The molecule has 1 unspecified atom stereocenters. The first-order valence-corrected chi connectivity index (χ1v) is 17.1. The van der Waals surface area contributed by atoms with E-state index in [2.05, 4.69) is 26.8 Å². The molecule has 0 bridgehead atoms. The van der Waals surface area contributed by atoms with Gasteiger partial charge in [-0.25, -0.2) is 19.3 Å². The van der Waals surface area contributed by atoms with Gasteiger partial charge in [0.25, 0.3) is 0 Å². The van der Waals surface area contributed by atoms with Gasteiger partial charge in [0.1, 0.15) is 24.0 Å². The lowest BCUT2D eigenvalue weighted by atomic mass is 10.1. The summed E-state index contributed by atoms with van der Waals surface area (Å²) in [6.45, 7) is 0.853. The Hall–Kier alpha value is -2.48. The number of halogens is 1. The van der Waals surface area contributed by atoms with E-state index in [0.717, 1.165) is 30.6 Å². The number of fused-ring (bicyclic) bond motifs is 1. The minimum Gasteiger partial charge on any atom is -0.382 e. The fraction of sp³-hybridized carbons (Fsp3) is 0.552. The minimum absolute atomic E-state index is 0.215. The lowest BCUT2D eigenvalue weighted by molar-refractivity contribution is 0.140. The van der Waals surface area contributed by atoms with E-state index < -0.39 is 7.60 Å². The molecule has 0 aliphatic carbocycles. The molecule has 1 atom stereocenters. The molecular weight excluding hydrogens is 564 g/mol. The second-order valence-corrected chi connectivity index (χ2v) is 12.7. The molecule has 3 aromatic rings. The van der Waals surface area contributed by atoms with E-state index in [0.29, 0.717) is 29.3 Å². The number of hydrogen-bond donors (Lipinski definition) is 2. The average molecular weight is 606 g/mol. The monoisotopic (exact) mass is 605 g/mol. The van der Waals surface area contributed by atoms with Crippen LogP contribution in [0.25, 0.3) is 11.2 Å². The number of ether oxygens (including phenoxy) is 1. The normalized spacial score (nSPS) is 12.7. The summed E-state index contributed by atoms with van der Waals surface area (Å²) in [6, 6.07) is 6.42. The highest BCUT2D eigenvalue weighted by molar-refractivity contribution is 7.99. The first kappa shape index (κ1) is 33.0. The van der Waals surface area contributed by atoms with Gasteiger partial charge in [-0.1, -0.05) is 62.9 Å². The Morgan fingerprint density at radius 3 is 2.54 bits per heavy atom. The van der Waals surface area contributed by atoms with Gasteiger partial charge in [0.15, 0.2) is 11.5 Å². The Kier molecular flexibility index (Phi) is 15.2. The third-order valence-corrected chi connectivity index (χ3v) is 8.46. The van der Waals surface area contributed by atoms with E-state index >= 15 is 0 Å². The summed E-state index contributed by atoms with van der Waals surface area (Å²) < 4.78 is 37.6. The molecule has 0 spiro atoms. The molecule has 1 aromatic carbocycles. The van der Waals surface area contributed by atoms with Crippen LogP contribution in [0.2, 0.25) is 0 Å². The number of thioether (sulfide) groups is 1. The summed E-state index contributed by atoms with van der Waals surface area (Å²) in [5.74, 6) is 7.93. The summed E-state index contributed by atoms with van der Waals surface area (Å²) in [4.78, 5) is 22.2. The van der Waals surface area contributed by atoms with E-state index in [9.17, 15) is 13.8 Å². The number of benzene rings is 1. The number of rotatable bonds is 20. The van der Waals surface area contributed by atoms with Crippen molar-refractivity contribution in [1.29, 1.82) is 0 Å². The highest BCUT2D eigenvalue weighted by atomic mass is 32.2. The molecular formula is C29H41FN5O4PS. The Morgan fingerprint density at radius 2 is 1.76 bits per heavy atom. The van der Waals surface area contributed by atoms with Crippen LogP contribution in [0, 0.1) is 17.7 Å². The molecule has 0 saturated heterocycles. The molecule has 9 nitrogen and oxygen atoms in total. The van der Waals surface area contributed by atoms with Crippen LogP contribution in [-0.4, -0.2) is 55.5 Å². The second-order valence-electron chi connectivity index (χ2n) is 9.73. The number of nitrogens with zero attached hydrogens (tertiary/aromatic N) is 4. The van der Waals surface area contributed by atoms with Crippen molar-refractivity contribution in [3.05, 3.63) is 48.3 Å². The lowest BCUT2D eigenvalue weighted by Gasteiger charge is -2.12. The molecule has 224 valence electrons. The van der Waals surface area contributed by atoms with Gasteiger partial charge in [0, 0.05) is 24.3 Å². The summed E-state index contributed by atoms with van der Waals surface area (Å²) in [5.41, 5.74) is 7.63. The first-order chi connectivity index (χ1) is 19.9. The van der Waals surface area contributed by atoms with Crippen molar-refractivity contribution < 1.29 is 23.1 Å². The average Bonchev–Trinajstić information content (AvgIpc) is 3.37. The lowest BCUT2D eigenvalue weighted by Crippen LogP contribution is -2.08. The van der Waals surface area contributed by atoms with Gasteiger partial charge in [-0.3, -0.25) is 4.57 Å². The van der Waals surface area contributed by atoms with Crippen LogP contribution >= 0.6 is 19.4 Å². The molecule has 2 heterocycles. The highest BCUT2D eigenvalue weighted by Crippen LogP contribution is 2.41. The standard InChI is InChI=1S/C29H41FN5O4PS/c30-26-15-12-14-25(21-26)13-10-8-6-4-2-1-3-5-7-9-11-19-41-20-18-39-40(36,37)24-38-17-16-35-23-34-27-28(31)32-22-33-29(27)35/h12,14-15,21-23H,1-9,11,16-20,24H2,(H,36,37)(H2,31,32,33).